The third-order valence-corrected chi connectivity index (χ3v) is 7.89. The Morgan fingerprint density at radius 3 is 1.49 bits per heavy atom. The molecule has 7 nitrogen and oxygen atoms in total. The molecule has 49 heavy (non-hydrogen) atoms. The van der Waals surface area contributed by atoms with E-state index >= 15 is 0 Å². The van der Waals surface area contributed by atoms with Gasteiger partial charge in [0.05, 0.1) is 12.2 Å². The molecule has 7 heteroatoms. The van der Waals surface area contributed by atoms with Crippen LogP contribution in [0.3, 0.4) is 0 Å². The van der Waals surface area contributed by atoms with Crippen molar-refractivity contribution in [3.8, 4) is 0 Å². The molecule has 0 aromatic rings. The van der Waals surface area contributed by atoms with Crippen LogP contribution in [0, 0.1) is 0 Å². The molecule has 0 aliphatic carbocycles. The van der Waals surface area contributed by atoms with Gasteiger partial charge in [0, 0.05) is 12.8 Å². The van der Waals surface area contributed by atoms with Crippen LogP contribution in [0.25, 0.3) is 0 Å². The molecule has 0 unspecified atom stereocenters. The van der Waals surface area contributed by atoms with Gasteiger partial charge in [-0.05, 0) is 38.5 Å². The fraction of sp³-hybridized carbons (Fsp3) is 0.667. The summed E-state index contributed by atoms with van der Waals surface area (Å²) in [5.74, 6) is -0.730. The average molecular weight is 687 g/mol. The van der Waals surface area contributed by atoms with Gasteiger partial charge in [-0.25, -0.2) is 0 Å². The van der Waals surface area contributed by atoms with Crippen molar-refractivity contribution < 1.29 is 34.4 Å². The minimum atomic E-state index is -1.03. The van der Waals surface area contributed by atoms with Crippen LogP contribution in [-0.4, -0.2) is 58.8 Å². The normalized spacial score (nSPS) is 14.3. The fourth-order valence-corrected chi connectivity index (χ4v) is 4.93. The number of esters is 2. The van der Waals surface area contributed by atoms with Crippen molar-refractivity contribution in [2.45, 2.75) is 167 Å². The highest BCUT2D eigenvalue weighted by molar-refractivity contribution is 5.70. The second kappa shape index (κ2) is 36.5. The number of hydrogen-bond donors (Lipinski definition) is 3. The lowest BCUT2D eigenvalue weighted by atomic mass is 10.0. The summed E-state index contributed by atoms with van der Waals surface area (Å²) in [6, 6.07) is 0. The first-order chi connectivity index (χ1) is 23.9. The zero-order valence-corrected chi connectivity index (χ0v) is 30.9. The van der Waals surface area contributed by atoms with Gasteiger partial charge in [-0.1, -0.05) is 170 Å². The van der Waals surface area contributed by atoms with Crippen molar-refractivity contribution in [2.24, 2.45) is 0 Å². The molecular weight excluding hydrogens is 616 g/mol. The Morgan fingerprint density at radius 2 is 0.980 bits per heavy atom. The lowest BCUT2D eigenvalue weighted by molar-refractivity contribution is -0.152. The third kappa shape index (κ3) is 36.4. The molecule has 0 aromatic heterocycles. The lowest BCUT2D eigenvalue weighted by Gasteiger charge is -2.12. The first-order valence-electron chi connectivity index (χ1n) is 19.2. The van der Waals surface area contributed by atoms with E-state index in [-0.39, 0.29) is 25.6 Å². The molecule has 280 valence electrons. The van der Waals surface area contributed by atoms with Crippen molar-refractivity contribution in [3.05, 3.63) is 72.9 Å². The van der Waals surface area contributed by atoms with E-state index in [1.165, 1.54) is 70.6 Å². The van der Waals surface area contributed by atoms with Crippen LogP contribution in [-0.2, 0) is 19.1 Å². The van der Waals surface area contributed by atoms with Crippen LogP contribution in [0.2, 0.25) is 0 Å². The maximum absolute atomic E-state index is 11.9. The van der Waals surface area contributed by atoms with E-state index in [4.69, 9.17) is 9.47 Å². The standard InChI is InChI=1S/C42H70O7/c1-3-5-7-8-9-10-11-12-13-14-15-16-20-28-34-41(46)48-36-40(45)37-49-42(47)35-29-21-18-17-19-25-31-39(44)33-27-23-22-26-32-38(43)30-24-6-4-2/h6,18-19,21-27,32-33,38-40,43-45H,3-5,7-17,20,28-31,34-37H2,1-2H3/b21-18-,23-22-,24-6-,25-19-,32-26+,33-27+/t38-,39+,40-/m1/s1. The summed E-state index contributed by atoms with van der Waals surface area (Å²) in [5, 5.41) is 29.8. The van der Waals surface area contributed by atoms with E-state index in [2.05, 4.69) is 13.8 Å². The molecule has 0 radical (unpaired) electrons. The molecule has 0 saturated carbocycles. The number of carbonyl (C=O) groups is 2. The molecule has 0 aliphatic rings. The Kier molecular flexibility index (Phi) is 34.5. The SMILES string of the molecule is CC/C=C\C[C@@H](O)/C=C/C=C\C=C\[C@@H](O)C/C=C\C/C=C\CCC(=O)OC[C@H](O)COC(=O)CCCCCCCCCCCCCCCC. The number of unbranched alkanes of at least 4 members (excludes halogenated alkanes) is 13. The second-order valence-corrected chi connectivity index (χ2v) is 12.7. The van der Waals surface area contributed by atoms with Gasteiger partial charge in [-0.2, -0.15) is 0 Å². The molecule has 0 bridgehead atoms. The first kappa shape index (κ1) is 46.3. The highest BCUT2D eigenvalue weighted by atomic mass is 16.6. The summed E-state index contributed by atoms with van der Waals surface area (Å²) >= 11 is 0. The number of allylic oxidation sites excluding steroid dienone is 8. The summed E-state index contributed by atoms with van der Waals surface area (Å²) < 4.78 is 10.2. The predicted octanol–water partition coefficient (Wildman–Crippen LogP) is 9.72. The molecule has 0 aliphatic heterocycles. The maximum atomic E-state index is 11.9. The van der Waals surface area contributed by atoms with Crippen molar-refractivity contribution in [1.82, 2.24) is 0 Å². The van der Waals surface area contributed by atoms with Gasteiger partial charge >= 0.3 is 11.9 Å². The zero-order chi connectivity index (χ0) is 36.0. The van der Waals surface area contributed by atoms with E-state index in [0.29, 0.717) is 32.1 Å². The minimum Gasteiger partial charge on any atom is -0.463 e. The van der Waals surface area contributed by atoms with E-state index in [9.17, 15) is 24.9 Å². The Labute approximate surface area is 298 Å². The van der Waals surface area contributed by atoms with E-state index in [1.807, 2.05) is 48.6 Å². The molecule has 3 atom stereocenters. The Balaban J connectivity index is 3.72. The van der Waals surface area contributed by atoms with Gasteiger partial charge in [0.15, 0.2) is 0 Å². The monoisotopic (exact) mass is 687 g/mol. The molecule has 0 aromatic carbocycles. The Morgan fingerprint density at radius 1 is 0.531 bits per heavy atom. The van der Waals surface area contributed by atoms with Crippen LogP contribution in [0.5, 0.6) is 0 Å². The van der Waals surface area contributed by atoms with Gasteiger partial charge in [-0.15, -0.1) is 0 Å². The van der Waals surface area contributed by atoms with Crippen LogP contribution in [0.1, 0.15) is 149 Å². The van der Waals surface area contributed by atoms with Gasteiger partial charge in [-0.3, -0.25) is 9.59 Å². The molecule has 0 rings (SSSR count). The third-order valence-electron chi connectivity index (χ3n) is 7.89. The Bertz CT molecular complexity index is 947. The quantitative estimate of drug-likeness (QED) is 0.0273. The summed E-state index contributed by atoms with van der Waals surface area (Å²) in [4.78, 5) is 23.9. The van der Waals surface area contributed by atoms with Crippen LogP contribution >= 0.6 is 0 Å². The minimum absolute atomic E-state index is 0.169. The number of ether oxygens (including phenoxy) is 2. The fourth-order valence-electron chi connectivity index (χ4n) is 4.93. The largest absolute Gasteiger partial charge is 0.463 e. The van der Waals surface area contributed by atoms with E-state index in [0.717, 1.165) is 25.7 Å². The number of hydrogen-bond acceptors (Lipinski definition) is 7. The van der Waals surface area contributed by atoms with Gasteiger partial charge in [0.2, 0.25) is 0 Å². The molecule has 0 heterocycles. The highest BCUT2D eigenvalue weighted by Gasteiger charge is 2.11. The molecule has 0 spiro atoms. The second-order valence-electron chi connectivity index (χ2n) is 12.7. The number of aliphatic hydroxyl groups excluding tert-OH is 3. The van der Waals surface area contributed by atoms with Crippen molar-refractivity contribution in [3.63, 3.8) is 0 Å². The lowest BCUT2D eigenvalue weighted by Crippen LogP contribution is -2.25. The summed E-state index contributed by atoms with van der Waals surface area (Å²) in [6.45, 7) is 3.95. The van der Waals surface area contributed by atoms with Crippen molar-refractivity contribution in [2.75, 3.05) is 13.2 Å². The summed E-state index contributed by atoms with van der Waals surface area (Å²) in [6.07, 6.45) is 41.7. The highest BCUT2D eigenvalue weighted by Crippen LogP contribution is 2.13. The topological polar surface area (TPSA) is 113 Å². The van der Waals surface area contributed by atoms with E-state index in [1.54, 1.807) is 24.3 Å². The molecule has 0 amide bonds. The van der Waals surface area contributed by atoms with Crippen molar-refractivity contribution in [1.29, 1.82) is 0 Å². The van der Waals surface area contributed by atoms with E-state index < -0.39 is 24.3 Å². The van der Waals surface area contributed by atoms with Crippen LogP contribution in [0.15, 0.2) is 72.9 Å². The van der Waals surface area contributed by atoms with Gasteiger partial charge in [0.1, 0.15) is 19.3 Å². The summed E-state index contributed by atoms with van der Waals surface area (Å²) in [7, 11) is 0. The molecule has 3 N–H and O–H groups in total. The number of carbonyl (C=O) groups excluding carboxylic acids is 2. The van der Waals surface area contributed by atoms with Gasteiger partial charge in [0.25, 0.3) is 0 Å². The molecular formula is C42H70O7. The average Bonchev–Trinajstić information content (AvgIpc) is 3.09. The van der Waals surface area contributed by atoms with Crippen molar-refractivity contribution >= 4 is 11.9 Å². The zero-order valence-electron chi connectivity index (χ0n) is 30.9. The first-order valence-corrected chi connectivity index (χ1v) is 19.2. The van der Waals surface area contributed by atoms with Crippen LogP contribution < -0.4 is 0 Å². The maximum Gasteiger partial charge on any atom is 0.306 e. The smallest absolute Gasteiger partial charge is 0.306 e. The Hall–Kier alpha value is -2.74. The van der Waals surface area contributed by atoms with Gasteiger partial charge < -0.3 is 24.8 Å². The molecule has 0 fully saturated rings. The number of aliphatic hydroxyl groups is 3. The van der Waals surface area contributed by atoms with Crippen LogP contribution in [0.4, 0.5) is 0 Å². The molecule has 0 saturated heterocycles. The summed E-state index contributed by atoms with van der Waals surface area (Å²) in [5.41, 5.74) is 0. The predicted molar refractivity (Wildman–Crippen MR) is 203 cm³/mol. The number of rotatable bonds is 33.